The van der Waals surface area contributed by atoms with Crippen LogP contribution in [0.15, 0.2) is 18.2 Å². The molecule has 0 atom stereocenters. The number of hydrogen-bond acceptors (Lipinski definition) is 5. The second kappa shape index (κ2) is 5.94. The Labute approximate surface area is 105 Å². The molecule has 0 heterocycles. The lowest BCUT2D eigenvalue weighted by Gasteiger charge is -2.04. The molecule has 8 nitrogen and oxygen atoms in total. The van der Waals surface area contributed by atoms with Crippen LogP contribution in [-0.2, 0) is 9.63 Å². The van der Waals surface area contributed by atoms with E-state index in [2.05, 4.69) is 4.84 Å². The average molecular weight is 275 g/mol. The molecule has 2 N–H and O–H groups in total. The standard InChI is InChI=1S/C9H7ClN2O6/c10-6-2-1-5(3-7(6)12(16)17)9(15)11-18-4-8(13)14/h1-3H,4H2,(H,11,15)(H,13,14). The molecule has 18 heavy (non-hydrogen) atoms. The molecule has 0 bridgehead atoms. The molecule has 1 rings (SSSR count). The number of nitrogens with zero attached hydrogens (tertiary/aromatic N) is 1. The van der Waals surface area contributed by atoms with Crippen LogP contribution in [0.25, 0.3) is 0 Å². The van der Waals surface area contributed by atoms with Gasteiger partial charge in [0.25, 0.3) is 11.6 Å². The Balaban J connectivity index is 2.77. The van der Waals surface area contributed by atoms with Gasteiger partial charge in [0.15, 0.2) is 6.61 Å². The number of aliphatic carboxylic acids is 1. The zero-order valence-corrected chi connectivity index (χ0v) is 9.51. The minimum absolute atomic E-state index is 0.0727. The number of carboxylic acid groups (broad SMARTS) is 1. The Morgan fingerprint density at radius 1 is 1.50 bits per heavy atom. The fourth-order valence-corrected chi connectivity index (χ4v) is 1.20. The number of hydroxylamine groups is 1. The summed E-state index contributed by atoms with van der Waals surface area (Å²) >= 11 is 5.56. The first-order valence-corrected chi connectivity index (χ1v) is 4.87. The van der Waals surface area contributed by atoms with Crippen molar-refractivity contribution in [3.8, 4) is 0 Å². The molecular weight excluding hydrogens is 268 g/mol. The van der Waals surface area contributed by atoms with Crippen LogP contribution in [0.5, 0.6) is 0 Å². The summed E-state index contributed by atoms with van der Waals surface area (Å²) in [6.07, 6.45) is 0. The first-order valence-electron chi connectivity index (χ1n) is 4.49. The van der Waals surface area contributed by atoms with Gasteiger partial charge in [-0.2, -0.15) is 0 Å². The fraction of sp³-hybridized carbons (Fsp3) is 0.111. The van der Waals surface area contributed by atoms with E-state index in [1.807, 2.05) is 5.48 Å². The molecule has 0 aliphatic rings. The van der Waals surface area contributed by atoms with Gasteiger partial charge in [0.1, 0.15) is 5.02 Å². The summed E-state index contributed by atoms with van der Waals surface area (Å²) in [7, 11) is 0. The van der Waals surface area contributed by atoms with Gasteiger partial charge in [-0.15, -0.1) is 0 Å². The first-order chi connectivity index (χ1) is 8.41. The summed E-state index contributed by atoms with van der Waals surface area (Å²) in [5.74, 6) is -2.08. The predicted molar refractivity (Wildman–Crippen MR) is 59.2 cm³/mol. The zero-order chi connectivity index (χ0) is 13.7. The SMILES string of the molecule is O=C(O)CONC(=O)c1ccc(Cl)c([N+](=O)[O-])c1. The number of carbonyl (C=O) groups is 2. The minimum Gasteiger partial charge on any atom is -0.479 e. The van der Waals surface area contributed by atoms with Gasteiger partial charge < -0.3 is 5.11 Å². The zero-order valence-electron chi connectivity index (χ0n) is 8.75. The van der Waals surface area contributed by atoms with Gasteiger partial charge in [-0.3, -0.25) is 19.7 Å². The van der Waals surface area contributed by atoms with Gasteiger partial charge in [0, 0.05) is 11.6 Å². The lowest BCUT2D eigenvalue weighted by atomic mass is 10.2. The van der Waals surface area contributed by atoms with Crippen LogP contribution in [-0.4, -0.2) is 28.5 Å². The lowest BCUT2D eigenvalue weighted by Crippen LogP contribution is -2.26. The van der Waals surface area contributed by atoms with Crippen molar-refractivity contribution in [1.29, 1.82) is 0 Å². The Bertz CT molecular complexity index is 504. The normalized spacial score (nSPS) is 9.83. The van der Waals surface area contributed by atoms with Crippen LogP contribution in [0.4, 0.5) is 5.69 Å². The Morgan fingerprint density at radius 2 is 2.17 bits per heavy atom. The third-order valence-corrected chi connectivity index (χ3v) is 2.09. The van der Waals surface area contributed by atoms with Gasteiger partial charge >= 0.3 is 5.97 Å². The Morgan fingerprint density at radius 3 is 2.72 bits per heavy atom. The number of carboxylic acids is 1. The van der Waals surface area contributed by atoms with Crippen LogP contribution < -0.4 is 5.48 Å². The summed E-state index contributed by atoms with van der Waals surface area (Å²) in [4.78, 5) is 35.7. The van der Waals surface area contributed by atoms with E-state index in [9.17, 15) is 19.7 Å². The molecule has 96 valence electrons. The smallest absolute Gasteiger partial charge is 0.332 e. The summed E-state index contributed by atoms with van der Waals surface area (Å²) in [5.41, 5.74) is 1.33. The average Bonchev–Trinajstić information content (AvgIpc) is 2.28. The van der Waals surface area contributed by atoms with Gasteiger partial charge in [-0.1, -0.05) is 11.6 Å². The number of rotatable bonds is 5. The molecule has 0 saturated carbocycles. The molecule has 1 aromatic rings. The maximum Gasteiger partial charge on any atom is 0.332 e. The maximum absolute atomic E-state index is 11.4. The predicted octanol–water partition coefficient (Wildman–Crippen LogP) is 0.994. The quantitative estimate of drug-likeness (QED) is 0.610. The van der Waals surface area contributed by atoms with E-state index < -0.39 is 29.1 Å². The van der Waals surface area contributed by atoms with Gasteiger partial charge in [0.2, 0.25) is 0 Å². The van der Waals surface area contributed by atoms with E-state index in [0.29, 0.717) is 0 Å². The van der Waals surface area contributed by atoms with Crippen molar-refractivity contribution in [2.45, 2.75) is 0 Å². The van der Waals surface area contributed by atoms with Crippen molar-refractivity contribution in [3.05, 3.63) is 38.9 Å². The van der Waals surface area contributed by atoms with Crippen molar-refractivity contribution in [3.63, 3.8) is 0 Å². The third kappa shape index (κ3) is 3.68. The van der Waals surface area contributed by atoms with Gasteiger partial charge in [0.05, 0.1) is 4.92 Å². The van der Waals surface area contributed by atoms with Crippen molar-refractivity contribution in [1.82, 2.24) is 5.48 Å². The number of benzene rings is 1. The topological polar surface area (TPSA) is 119 Å². The van der Waals surface area contributed by atoms with Crippen LogP contribution in [0.2, 0.25) is 5.02 Å². The van der Waals surface area contributed by atoms with E-state index in [1.54, 1.807) is 0 Å². The molecule has 0 spiro atoms. The number of nitro benzene ring substituents is 1. The molecule has 0 fully saturated rings. The summed E-state index contributed by atoms with van der Waals surface area (Å²) < 4.78 is 0. The number of nitrogens with one attached hydrogen (secondary N) is 1. The molecule has 0 unspecified atom stereocenters. The number of amides is 1. The number of nitro groups is 1. The van der Waals surface area contributed by atoms with Crippen molar-refractivity contribution < 1.29 is 24.5 Å². The van der Waals surface area contributed by atoms with E-state index in [1.165, 1.54) is 12.1 Å². The molecule has 1 aromatic carbocycles. The van der Waals surface area contributed by atoms with E-state index >= 15 is 0 Å². The highest BCUT2D eigenvalue weighted by Gasteiger charge is 2.16. The molecule has 1 amide bonds. The van der Waals surface area contributed by atoms with Crippen molar-refractivity contribution >= 4 is 29.2 Å². The maximum atomic E-state index is 11.4. The highest BCUT2D eigenvalue weighted by molar-refractivity contribution is 6.32. The molecule has 0 saturated heterocycles. The third-order valence-electron chi connectivity index (χ3n) is 1.77. The molecule has 0 aliphatic heterocycles. The van der Waals surface area contributed by atoms with Crippen LogP contribution in [0.1, 0.15) is 10.4 Å². The second-order valence-electron chi connectivity index (χ2n) is 3.04. The van der Waals surface area contributed by atoms with Gasteiger partial charge in [-0.05, 0) is 12.1 Å². The molecule has 0 aromatic heterocycles. The fourth-order valence-electron chi connectivity index (χ4n) is 1.02. The molecule has 0 aliphatic carbocycles. The number of carbonyl (C=O) groups excluding carboxylic acids is 1. The Kier molecular flexibility index (Phi) is 4.58. The monoisotopic (exact) mass is 274 g/mol. The van der Waals surface area contributed by atoms with E-state index in [0.717, 1.165) is 6.07 Å². The van der Waals surface area contributed by atoms with Gasteiger partial charge in [-0.25, -0.2) is 10.3 Å². The van der Waals surface area contributed by atoms with Crippen LogP contribution in [0, 0.1) is 10.1 Å². The molecule has 9 heteroatoms. The highest BCUT2D eigenvalue weighted by Crippen LogP contribution is 2.24. The number of hydrogen-bond donors (Lipinski definition) is 2. The van der Waals surface area contributed by atoms with E-state index in [4.69, 9.17) is 16.7 Å². The lowest BCUT2D eigenvalue weighted by molar-refractivity contribution is -0.384. The Hall–Kier alpha value is -2.19. The molecule has 0 radical (unpaired) electrons. The van der Waals surface area contributed by atoms with Crippen molar-refractivity contribution in [2.24, 2.45) is 0 Å². The second-order valence-corrected chi connectivity index (χ2v) is 3.44. The highest BCUT2D eigenvalue weighted by atomic mass is 35.5. The van der Waals surface area contributed by atoms with Crippen LogP contribution >= 0.6 is 11.6 Å². The van der Waals surface area contributed by atoms with Crippen molar-refractivity contribution in [2.75, 3.05) is 6.61 Å². The number of halogens is 1. The minimum atomic E-state index is -1.27. The summed E-state index contributed by atoms with van der Waals surface area (Å²) in [6, 6.07) is 3.39. The largest absolute Gasteiger partial charge is 0.479 e. The summed E-state index contributed by atoms with van der Waals surface area (Å²) in [6.45, 7) is -0.721. The first kappa shape index (κ1) is 13.9. The molecular formula is C9H7ClN2O6. The van der Waals surface area contributed by atoms with E-state index in [-0.39, 0.29) is 10.6 Å². The van der Waals surface area contributed by atoms with Crippen LogP contribution in [0.3, 0.4) is 0 Å². The summed E-state index contributed by atoms with van der Waals surface area (Å²) in [5, 5.41) is 18.7.